The molecule has 0 fully saturated rings. The van der Waals surface area contributed by atoms with Gasteiger partial charge in [-0.2, -0.15) is 0 Å². The van der Waals surface area contributed by atoms with Crippen molar-refractivity contribution in [3.05, 3.63) is 164 Å². The van der Waals surface area contributed by atoms with Gasteiger partial charge in [-0.15, -0.1) is 22.7 Å². The van der Waals surface area contributed by atoms with Gasteiger partial charge >= 0.3 is 0 Å². The number of furan rings is 1. The van der Waals surface area contributed by atoms with E-state index in [1.165, 1.54) is 56.9 Å². The summed E-state index contributed by atoms with van der Waals surface area (Å²) in [6.45, 7) is 0. The minimum atomic E-state index is 0.656. The Kier molecular flexibility index (Phi) is 6.64. The zero-order valence-corrected chi connectivity index (χ0v) is 30.8. The van der Waals surface area contributed by atoms with Gasteiger partial charge in [-0.05, 0) is 41.3 Å². The first-order valence-corrected chi connectivity index (χ1v) is 19.9. The number of thiophene rings is 2. The summed E-state index contributed by atoms with van der Waals surface area (Å²) in [4.78, 5) is 15.2. The Morgan fingerprint density at radius 2 is 0.964 bits per heavy atom. The van der Waals surface area contributed by atoms with Crippen LogP contribution in [0.4, 0.5) is 0 Å². The maximum absolute atomic E-state index is 6.58. The molecule has 55 heavy (non-hydrogen) atoms. The number of para-hydroxylation sites is 1. The minimum absolute atomic E-state index is 0.656. The van der Waals surface area contributed by atoms with Gasteiger partial charge in [0.2, 0.25) is 0 Å². The lowest BCUT2D eigenvalue weighted by Crippen LogP contribution is -2.00. The van der Waals surface area contributed by atoms with Gasteiger partial charge in [-0.3, -0.25) is 0 Å². The van der Waals surface area contributed by atoms with Crippen molar-refractivity contribution in [2.75, 3.05) is 0 Å². The Labute approximate surface area is 322 Å². The van der Waals surface area contributed by atoms with Crippen LogP contribution in [0.5, 0.6) is 0 Å². The number of aromatic nitrogens is 3. The first kappa shape index (κ1) is 30.7. The molecule has 0 N–H and O–H groups in total. The third-order valence-corrected chi connectivity index (χ3v) is 13.1. The molecular weight excluding hydrogens is 711 g/mol. The van der Waals surface area contributed by atoms with E-state index in [0.29, 0.717) is 17.5 Å². The monoisotopic (exact) mass is 737 g/mol. The maximum Gasteiger partial charge on any atom is 0.164 e. The molecule has 4 nitrogen and oxygen atoms in total. The van der Waals surface area contributed by atoms with E-state index < -0.39 is 0 Å². The van der Waals surface area contributed by atoms with Crippen molar-refractivity contribution in [1.29, 1.82) is 0 Å². The highest BCUT2D eigenvalue weighted by molar-refractivity contribution is 7.27. The number of rotatable bonds is 4. The second kappa shape index (κ2) is 11.9. The third-order valence-electron chi connectivity index (χ3n) is 10.7. The summed E-state index contributed by atoms with van der Waals surface area (Å²) in [6, 6.07) is 57.7. The lowest BCUT2D eigenvalue weighted by Gasteiger charge is -2.11. The molecule has 0 spiro atoms. The summed E-state index contributed by atoms with van der Waals surface area (Å²) in [5.41, 5.74) is 7.21. The Morgan fingerprint density at radius 3 is 1.73 bits per heavy atom. The summed E-state index contributed by atoms with van der Waals surface area (Å²) >= 11 is 3.70. The van der Waals surface area contributed by atoms with E-state index >= 15 is 0 Å². The second-order valence-electron chi connectivity index (χ2n) is 13.9. The molecule has 256 valence electrons. The molecule has 0 saturated heterocycles. The molecule has 0 unspecified atom stereocenters. The van der Waals surface area contributed by atoms with Crippen molar-refractivity contribution in [3.8, 4) is 45.3 Å². The topological polar surface area (TPSA) is 51.8 Å². The van der Waals surface area contributed by atoms with Gasteiger partial charge in [-0.25, -0.2) is 15.0 Å². The fourth-order valence-corrected chi connectivity index (χ4v) is 10.7. The Hall–Kier alpha value is -6.73. The van der Waals surface area contributed by atoms with Crippen LogP contribution >= 0.6 is 22.7 Å². The van der Waals surface area contributed by atoms with Crippen LogP contribution in [-0.4, -0.2) is 15.0 Å². The van der Waals surface area contributed by atoms with Crippen LogP contribution in [0.25, 0.3) is 118 Å². The van der Waals surface area contributed by atoms with Crippen molar-refractivity contribution < 1.29 is 4.42 Å². The molecule has 8 aromatic carbocycles. The van der Waals surface area contributed by atoms with Crippen molar-refractivity contribution >= 4 is 95.7 Å². The van der Waals surface area contributed by atoms with Crippen molar-refractivity contribution in [2.45, 2.75) is 0 Å². The summed E-state index contributed by atoms with van der Waals surface area (Å²) in [7, 11) is 0. The van der Waals surface area contributed by atoms with E-state index in [1.54, 1.807) is 0 Å². The van der Waals surface area contributed by atoms with E-state index in [9.17, 15) is 0 Å². The maximum atomic E-state index is 6.58. The summed E-state index contributed by atoms with van der Waals surface area (Å²) in [6.07, 6.45) is 0. The van der Waals surface area contributed by atoms with Gasteiger partial charge in [0.25, 0.3) is 0 Å². The molecule has 0 aliphatic rings. The van der Waals surface area contributed by atoms with Crippen LogP contribution < -0.4 is 0 Å². The largest absolute Gasteiger partial charge is 0.455 e. The molecule has 12 aromatic rings. The van der Waals surface area contributed by atoms with E-state index in [2.05, 4.69) is 121 Å². The number of nitrogens with zero attached hydrogens (tertiary/aromatic N) is 3. The SMILES string of the molecule is c1ccc(-c2nc(-c3ccccc3)nc(-c3cc4c5ccc(-c6cc7c8ccccc8oc7c7c6sc6ccccc67)cc5sc4c4ccccc34)n2)cc1. The fraction of sp³-hybridized carbons (Fsp3) is 0. The van der Waals surface area contributed by atoms with Crippen LogP contribution in [0.2, 0.25) is 0 Å². The quantitative estimate of drug-likeness (QED) is 0.180. The van der Waals surface area contributed by atoms with Gasteiger partial charge in [-0.1, -0.05) is 133 Å². The molecule has 0 aliphatic heterocycles. The first-order valence-electron chi connectivity index (χ1n) is 18.3. The normalized spacial score (nSPS) is 12.0. The first-order chi connectivity index (χ1) is 27.2. The van der Waals surface area contributed by atoms with Crippen molar-refractivity contribution in [3.63, 3.8) is 0 Å². The van der Waals surface area contributed by atoms with Crippen molar-refractivity contribution in [2.24, 2.45) is 0 Å². The molecule has 0 amide bonds. The lowest BCUT2D eigenvalue weighted by molar-refractivity contribution is 0.673. The predicted molar refractivity (Wildman–Crippen MR) is 232 cm³/mol. The van der Waals surface area contributed by atoms with Crippen LogP contribution in [0.15, 0.2) is 168 Å². The molecule has 0 saturated carbocycles. The highest BCUT2D eigenvalue weighted by atomic mass is 32.1. The van der Waals surface area contributed by atoms with E-state index in [4.69, 9.17) is 19.4 Å². The standard InChI is InChI=1S/C49H27N3OS2/c1-3-13-28(14-4-1)47-50-48(29-15-5-2-6-16-29)52-49(51-47)39-27-38-33-24-23-30(25-42(33)55-45(38)34-19-8-7-17-31(34)39)36-26-37-32-18-9-11-21-40(32)53-44(37)43-35-20-10-12-22-41(35)54-46(36)43/h1-27H. The average Bonchev–Trinajstić information content (AvgIpc) is 3.95. The average molecular weight is 738 g/mol. The zero-order valence-electron chi connectivity index (χ0n) is 29.2. The molecule has 0 aliphatic carbocycles. The predicted octanol–water partition coefficient (Wildman–Crippen LogP) is 14.3. The van der Waals surface area contributed by atoms with E-state index in [0.717, 1.165) is 44.0 Å². The molecule has 6 heteroatoms. The smallest absolute Gasteiger partial charge is 0.164 e. The molecule has 0 atom stereocenters. The Bertz CT molecular complexity index is 3430. The van der Waals surface area contributed by atoms with E-state index in [1.807, 2.05) is 65.1 Å². The third kappa shape index (κ3) is 4.72. The van der Waals surface area contributed by atoms with E-state index in [-0.39, 0.29) is 0 Å². The summed E-state index contributed by atoms with van der Waals surface area (Å²) in [5.74, 6) is 1.97. The number of hydrogen-bond donors (Lipinski definition) is 0. The van der Waals surface area contributed by atoms with Gasteiger partial charge in [0, 0.05) is 78.8 Å². The van der Waals surface area contributed by atoms with Crippen LogP contribution in [0.3, 0.4) is 0 Å². The van der Waals surface area contributed by atoms with Crippen LogP contribution in [0.1, 0.15) is 0 Å². The number of fused-ring (bicyclic) bond motifs is 12. The molecule has 12 rings (SSSR count). The highest BCUT2D eigenvalue weighted by Crippen LogP contribution is 2.48. The van der Waals surface area contributed by atoms with Gasteiger partial charge in [0.05, 0.1) is 0 Å². The minimum Gasteiger partial charge on any atom is -0.455 e. The zero-order chi connectivity index (χ0) is 36.0. The molecule has 4 aromatic heterocycles. The van der Waals surface area contributed by atoms with Crippen molar-refractivity contribution in [1.82, 2.24) is 15.0 Å². The molecule has 0 bridgehead atoms. The second-order valence-corrected chi connectivity index (χ2v) is 16.0. The van der Waals surface area contributed by atoms with Gasteiger partial charge < -0.3 is 4.42 Å². The lowest BCUT2D eigenvalue weighted by atomic mass is 9.97. The number of benzene rings is 8. The Balaban J connectivity index is 1.10. The van der Waals surface area contributed by atoms with Gasteiger partial charge in [0.1, 0.15) is 11.2 Å². The van der Waals surface area contributed by atoms with Crippen LogP contribution in [-0.2, 0) is 0 Å². The van der Waals surface area contributed by atoms with Crippen LogP contribution in [0, 0.1) is 0 Å². The molecular formula is C49H27N3OS2. The molecule has 4 heterocycles. The fourth-order valence-electron chi connectivity index (χ4n) is 8.16. The Morgan fingerprint density at radius 1 is 0.364 bits per heavy atom. The number of hydrogen-bond acceptors (Lipinski definition) is 6. The molecule has 0 radical (unpaired) electrons. The highest BCUT2D eigenvalue weighted by Gasteiger charge is 2.21. The summed E-state index contributed by atoms with van der Waals surface area (Å²) < 4.78 is 11.6. The van der Waals surface area contributed by atoms with Gasteiger partial charge in [0.15, 0.2) is 17.5 Å². The summed E-state index contributed by atoms with van der Waals surface area (Å²) in [5, 5.41) is 9.45.